The molecule has 2 fully saturated rings. The Hall–Kier alpha value is -2.87. The van der Waals surface area contributed by atoms with Crippen LogP contribution in [0.15, 0.2) is 22.8 Å². The molecule has 0 bridgehead atoms. The van der Waals surface area contributed by atoms with Gasteiger partial charge in [0.15, 0.2) is 5.82 Å². The number of pyridine rings is 1. The predicted octanol–water partition coefficient (Wildman–Crippen LogP) is 3.26. The number of anilines is 2. The van der Waals surface area contributed by atoms with Crippen LogP contribution in [-0.2, 0) is 0 Å². The molecule has 3 aromatic rings. The van der Waals surface area contributed by atoms with Crippen LogP contribution < -0.4 is 5.32 Å². The second-order valence-corrected chi connectivity index (χ2v) is 8.36. The molecule has 4 heterocycles. The Bertz CT molecular complexity index is 1060. The fourth-order valence-corrected chi connectivity index (χ4v) is 4.08. The third-order valence-corrected chi connectivity index (χ3v) is 6.08. The summed E-state index contributed by atoms with van der Waals surface area (Å²) < 4.78 is 5.71. The summed E-state index contributed by atoms with van der Waals surface area (Å²) in [5.74, 6) is 1.85. The molecule has 5 rings (SSSR count). The first kappa shape index (κ1) is 18.2. The zero-order valence-corrected chi connectivity index (χ0v) is 17.0. The lowest BCUT2D eigenvalue weighted by Crippen LogP contribution is -2.35. The van der Waals surface area contributed by atoms with E-state index in [1.807, 2.05) is 24.0 Å². The molecule has 0 aromatic carbocycles. The Kier molecular flexibility index (Phi) is 4.31. The third kappa shape index (κ3) is 3.27. The van der Waals surface area contributed by atoms with Crippen molar-refractivity contribution in [2.24, 2.45) is 0 Å². The third-order valence-electron chi connectivity index (χ3n) is 6.08. The van der Waals surface area contributed by atoms with Crippen LogP contribution >= 0.6 is 0 Å². The fraction of sp³-hybridized carbons (Fsp3) is 0.476. The molecule has 0 unspecified atom stereocenters. The molecule has 29 heavy (non-hydrogen) atoms. The van der Waals surface area contributed by atoms with Crippen molar-refractivity contribution < 1.29 is 9.21 Å². The van der Waals surface area contributed by atoms with Gasteiger partial charge in [0.05, 0.1) is 11.6 Å². The minimum absolute atomic E-state index is 0.0473. The number of rotatable bonds is 5. The highest BCUT2D eigenvalue weighted by molar-refractivity contribution is 6.01. The zero-order chi connectivity index (χ0) is 20.1. The maximum atomic E-state index is 13.3. The van der Waals surface area contributed by atoms with Crippen molar-refractivity contribution in [1.82, 2.24) is 25.0 Å². The van der Waals surface area contributed by atoms with E-state index in [1.165, 1.54) is 12.8 Å². The van der Waals surface area contributed by atoms with Gasteiger partial charge in [0.1, 0.15) is 17.1 Å². The zero-order valence-electron chi connectivity index (χ0n) is 17.0. The molecular formula is C21H26N6O2. The van der Waals surface area contributed by atoms with Crippen LogP contribution in [0.3, 0.4) is 0 Å². The molecule has 1 saturated carbocycles. The lowest BCUT2D eigenvalue weighted by molar-refractivity contribution is 0.0776. The number of nitrogens with zero attached hydrogens (tertiary/aromatic N) is 4. The summed E-state index contributed by atoms with van der Waals surface area (Å²) in [6.07, 6.45) is 5.03. The minimum atomic E-state index is -0.0473. The smallest absolute Gasteiger partial charge is 0.273 e. The van der Waals surface area contributed by atoms with Gasteiger partial charge in [-0.15, -0.1) is 0 Å². The Balaban J connectivity index is 1.47. The van der Waals surface area contributed by atoms with Gasteiger partial charge in [0.2, 0.25) is 0 Å². The lowest BCUT2D eigenvalue weighted by Gasteiger charge is -2.21. The molecule has 1 aliphatic carbocycles. The average molecular weight is 394 g/mol. The number of likely N-dealkylation sites (tertiary alicyclic amines) is 1. The van der Waals surface area contributed by atoms with Gasteiger partial charge in [-0.1, -0.05) is 0 Å². The van der Waals surface area contributed by atoms with E-state index < -0.39 is 0 Å². The first-order valence-electron chi connectivity index (χ1n) is 10.2. The molecule has 152 valence electrons. The normalized spacial score (nSPS) is 19.4. The van der Waals surface area contributed by atoms with E-state index in [2.05, 4.69) is 34.5 Å². The molecule has 1 aliphatic heterocycles. The molecule has 1 amide bonds. The van der Waals surface area contributed by atoms with Crippen molar-refractivity contribution >= 4 is 28.5 Å². The maximum Gasteiger partial charge on any atom is 0.273 e. The number of likely N-dealkylation sites (N-methyl/N-ethyl adjacent to an activating group) is 1. The molecule has 2 N–H and O–H groups in total. The van der Waals surface area contributed by atoms with Gasteiger partial charge in [0, 0.05) is 42.4 Å². The number of fused-ring (bicyclic) bond motifs is 1. The van der Waals surface area contributed by atoms with Gasteiger partial charge in [-0.05, 0) is 46.3 Å². The number of furan rings is 1. The highest BCUT2D eigenvalue weighted by Gasteiger charge is 2.31. The molecule has 0 spiro atoms. The quantitative estimate of drug-likeness (QED) is 0.690. The van der Waals surface area contributed by atoms with E-state index in [1.54, 1.807) is 6.26 Å². The summed E-state index contributed by atoms with van der Waals surface area (Å²) in [5, 5.41) is 11.6. The molecule has 8 heteroatoms. The Morgan fingerprint density at radius 3 is 2.90 bits per heavy atom. The van der Waals surface area contributed by atoms with Gasteiger partial charge in [-0.2, -0.15) is 5.10 Å². The summed E-state index contributed by atoms with van der Waals surface area (Å²) in [5.41, 5.74) is 3.04. The molecule has 3 aromatic heterocycles. The number of H-pyrrole nitrogens is 1. The van der Waals surface area contributed by atoms with Crippen molar-refractivity contribution in [3.05, 3.63) is 35.3 Å². The molecule has 1 atom stereocenters. The van der Waals surface area contributed by atoms with Crippen molar-refractivity contribution in [2.45, 2.75) is 38.1 Å². The van der Waals surface area contributed by atoms with E-state index in [9.17, 15) is 4.79 Å². The topological polar surface area (TPSA) is 90.3 Å². The SMILES string of the molecule is Cc1c(C(=O)N2CC[C@@H](N(C)C)C2)nc(Nc2cc(C3CC3)[nH]n2)c2ccoc12. The van der Waals surface area contributed by atoms with E-state index in [4.69, 9.17) is 9.40 Å². The maximum absolute atomic E-state index is 13.3. The first-order valence-corrected chi connectivity index (χ1v) is 10.2. The van der Waals surface area contributed by atoms with Crippen LogP contribution in [-0.4, -0.2) is 64.1 Å². The van der Waals surface area contributed by atoms with Crippen LogP contribution in [0.4, 0.5) is 11.6 Å². The number of nitrogens with one attached hydrogen (secondary N) is 2. The largest absolute Gasteiger partial charge is 0.464 e. The van der Waals surface area contributed by atoms with E-state index in [-0.39, 0.29) is 5.91 Å². The molecule has 8 nitrogen and oxygen atoms in total. The van der Waals surface area contributed by atoms with Gasteiger partial charge in [-0.25, -0.2) is 4.98 Å². The second-order valence-electron chi connectivity index (χ2n) is 8.36. The molecule has 0 radical (unpaired) electrons. The standard InChI is InChI=1S/C21H26N6O2/c1-12-18(21(28)27-8-6-14(11-27)26(2)3)23-20(15-7-9-29-19(12)15)22-17-10-16(24-25-17)13-4-5-13/h7,9-10,13-14H,4-6,8,11H2,1-3H3,(H2,22,23,24,25)/t14-/m1/s1. The number of carbonyl (C=O) groups is 1. The van der Waals surface area contributed by atoms with Gasteiger partial charge in [-0.3, -0.25) is 9.89 Å². The van der Waals surface area contributed by atoms with E-state index in [0.717, 1.165) is 36.2 Å². The Morgan fingerprint density at radius 1 is 1.34 bits per heavy atom. The molecule has 1 saturated heterocycles. The summed E-state index contributed by atoms with van der Waals surface area (Å²) in [7, 11) is 4.11. The molecule has 2 aliphatic rings. The number of amides is 1. The highest BCUT2D eigenvalue weighted by Crippen LogP contribution is 2.40. The minimum Gasteiger partial charge on any atom is -0.464 e. The first-order chi connectivity index (χ1) is 14.0. The Labute approximate surface area is 169 Å². The van der Waals surface area contributed by atoms with Crippen LogP contribution in [0.2, 0.25) is 0 Å². The Morgan fingerprint density at radius 2 is 2.17 bits per heavy atom. The van der Waals surface area contributed by atoms with Crippen molar-refractivity contribution in [3.8, 4) is 0 Å². The number of aromatic nitrogens is 3. The van der Waals surface area contributed by atoms with Crippen LogP contribution in [0, 0.1) is 6.92 Å². The average Bonchev–Trinajstić information content (AvgIpc) is 3.14. The number of hydrogen-bond acceptors (Lipinski definition) is 6. The highest BCUT2D eigenvalue weighted by atomic mass is 16.3. The summed E-state index contributed by atoms with van der Waals surface area (Å²) in [6, 6.07) is 4.28. The van der Waals surface area contributed by atoms with Crippen molar-refractivity contribution in [1.29, 1.82) is 0 Å². The monoisotopic (exact) mass is 394 g/mol. The summed E-state index contributed by atoms with van der Waals surface area (Å²) in [6.45, 7) is 3.36. The fourth-order valence-electron chi connectivity index (χ4n) is 4.08. The van der Waals surface area contributed by atoms with Crippen LogP contribution in [0.25, 0.3) is 11.0 Å². The van der Waals surface area contributed by atoms with Gasteiger partial charge < -0.3 is 19.5 Å². The van der Waals surface area contributed by atoms with Gasteiger partial charge >= 0.3 is 0 Å². The number of aryl methyl sites for hydroxylation is 1. The number of hydrogen-bond donors (Lipinski definition) is 2. The number of carbonyl (C=O) groups excluding carboxylic acids is 1. The van der Waals surface area contributed by atoms with Crippen LogP contribution in [0.5, 0.6) is 0 Å². The summed E-state index contributed by atoms with van der Waals surface area (Å²) >= 11 is 0. The van der Waals surface area contributed by atoms with Crippen molar-refractivity contribution in [3.63, 3.8) is 0 Å². The number of aromatic amines is 1. The predicted molar refractivity (Wildman–Crippen MR) is 111 cm³/mol. The summed E-state index contributed by atoms with van der Waals surface area (Å²) in [4.78, 5) is 22.0. The van der Waals surface area contributed by atoms with Gasteiger partial charge in [0.25, 0.3) is 5.91 Å². The van der Waals surface area contributed by atoms with Crippen molar-refractivity contribution in [2.75, 3.05) is 32.5 Å². The van der Waals surface area contributed by atoms with E-state index in [0.29, 0.717) is 34.9 Å². The lowest BCUT2D eigenvalue weighted by atomic mass is 10.1. The van der Waals surface area contributed by atoms with Crippen LogP contribution in [0.1, 0.15) is 46.9 Å². The second kappa shape index (κ2) is 6.88. The van der Waals surface area contributed by atoms with E-state index >= 15 is 0 Å². The molecular weight excluding hydrogens is 368 g/mol.